The molecule has 122 valence electrons. The SMILES string of the molecule is C=C1/C(=C\C=C2/CCC[C@]3(C)[C@@H](O)CC[C@@H]23)C[C@H](O)C[C@H]1O. The highest BCUT2D eigenvalue weighted by atomic mass is 16.3. The fraction of sp³-hybridized carbons (Fsp3) is 0.684. The average Bonchev–Trinajstić information content (AvgIpc) is 2.77. The first-order chi connectivity index (χ1) is 10.4. The van der Waals surface area contributed by atoms with E-state index in [0.29, 0.717) is 18.8 Å². The lowest BCUT2D eigenvalue weighted by Gasteiger charge is -2.40. The average molecular weight is 304 g/mol. The van der Waals surface area contributed by atoms with E-state index in [1.54, 1.807) is 0 Å². The van der Waals surface area contributed by atoms with Crippen LogP contribution < -0.4 is 0 Å². The van der Waals surface area contributed by atoms with E-state index in [1.165, 1.54) is 5.57 Å². The van der Waals surface area contributed by atoms with E-state index < -0.39 is 12.2 Å². The van der Waals surface area contributed by atoms with Gasteiger partial charge in [-0.2, -0.15) is 0 Å². The Kier molecular flexibility index (Phi) is 4.32. The van der Waals surface area contributed by atoms with E-state index in [1.807, 2.05) is 6.08 Å². The van der Waals surface area contributed by atoms with Gasteiger partial charge in [-0.25, -0.2) is 0 Å². The van der Waals surface area contributed by atoms with Gasteiger partial charge in [-0.15, -0.1) is 0 Å². The van der Waals surface area contributed by atoms with Gasteiger partial charge in [0, 0.05) is 11.8 Å². The number of aliphatic hydroxyl groups is 3. The van der Waals surface area contributed by atoms with E-state index in [4.69, 9.17) is 0 Å². The summed E-state index contributed by atoms with van der Waals surface area (Å²) in [5, 5.41) is 30.1. The van der Waals surface area contributed by atoms with Gasteiger partial charge in [0.05, 0.1) is 18.3 Å². The van der Waals surface area contributed by atoms with Crippen LogP contribution in [0.25, 0.3) is 0 Å². The fourth-order valence-electron chi connectivity index (χ4n) is 4.68. The van der Waals surface area contributed by atoms with Crippen molar-refractivity contribution in [2.45, 2.75) is 70.2 Å². The summed E-state index contributed by atoms with van der Waals surface area (Å²) in [6.45, 7) is 6.19. The van der Waals surface area contributed by atoms with Crippen molar-refractivity contribution in [3.8, 4) is 0 Å². The van der Waals surface area contributed by atoms with Crippen LogP contribution in [-0.4, -0.2) is 33.6 Å². The van der Waals surface area contributed by atoms with Gasteiger partial charge >= 0.3 is 0 Å². The third-order valence-electron chi connectivity index (χ3n) is 6.18. The Morgan fingerprint density at radius 1 is 1.18 bits per heavy atom. The second-order valence-electron chi connectivity index (χ2n) is 7.57. The molecule has 0 aromatic rings. The van der Waals surface area contributed by atoms with Crippen LogP contribution in [0.3, 0.4) is 0 Å². The maximum absolute atomic E-state index is 10.3. The third-order valence-corrected chi connectivity index (χ3v) is 6.18. The Bertz CT molecular complexity index is 519. The van der Waals surface area contributed by atoms with Gasteiger partial charge in [0.15, 0.2) is 0 Å². The summed E-state index contributed by atoms with van der Waals surface area (Å²) in [6.07, 6.45) is 9.19. The van der Waals surface area contributed by atoms with Crippen LogP contribution in [0.1, 0.15) is 51.9 Å². The van der Waals surface area contributed by atoms with Crippen LogP contribution in [-0.2, 0) is 0 Å². The van der Waals surface area contributed by atoms with E-state index in [2.05, 4.69) is 19.6 Å². The van der Waals surface area contributed by atoms with Crippen molar-refractivity contribution in [1.29, 1.82) is 0 Å². The first-order valence-electron chi connectivity index (χ1n) is 8.55. The highest BCUT2D eigenvalue weighted by molar-refractivity contribution is 5.38. The number of aliphatic hydroxyl groups excluding tert-OH is 3. The number of hydrogen-bond acceptors (Lipinski definition) is 3. The van der Waals surface area contributed by atoms with Gasteiger partial charge < -0.3 is 15.3 Å². The molecule has 0 spiro atoms. The molecule has 3 fully saturated rings. The minimum absolute atomic E-state index is 0.0329. The molecule has 0 amide bonds. The molecule has 3 nitrogen and oxygen atoms in total. The summed E-state index contributed by atoms with van der Waals surface area (Å²) in [5.41, 5.74) is 3.16. The monoisotopic (exact) mass is 304 g/mol. The predicted octanol–water partition coefficient (Wildman–Crippen LogP) is 2.87. The summed E-state index contributed by atoms with van der Waals surface area (Å²) in [4.78, 5) is 0. The second-order valence-corrected chi connectivity index (χ2v) is 7.57. The van der Waals surface area contributed by atoms with Crippen LogP contribution in [0.4, 0.5) is 0 Å². The highest BCUT2D eigenvalue weighted by Crippen LogP contribution is 2.54. The molecule has 0 bridgehead atoms. The van der Waals surface area contributed by atoms with Crippen LogP contribution in [0.2, 0.25) is 0 Å². The zero-order valence-corrected chi connectivity index (χ0v) is 13.5. The molecule has 3 N–H and O–H groups in total. The molecule has 22 heavy (non-hydrogen) atoms. The Balaban J connectivity index is 1.82. The van der Waals surface area contributed by atoms with Crippen molar-refractivity contribution < 1.29 is 15.3 Å². The van der Waals surface area contributed by atoms with Gasteiger partial charge in [0.1, 0.15) is 0 Å². The third kappa shape index (κ3) is 2.70. The molecule has 3 saturated carbocycles. The molecule has 3 aliphatic carbocycles. The lowest BCUT2D eigenvalue weighted by Crippen LogP contribution is -2.36. The van der Waals surface area contributed by atoms with Crippen molar-refractivity contribution in [2.75, 3.05) is 0 Å². The van der Waals surface area contributed by atoms with E-state index in [-0.39, 0.29) is 11.5 Å². The van der Waals surface area contributed by atoms with Crippen molar-refractivity contribution in [3.63, 3.8) is 0 Å². The Labute approximate surface area is 133 Å². The molecular weight excluding hydrogens is 276 g/mol. The molecule has 0 aliphatic heterocycles. The Morgan fingerprint density at radius 3 is 2.73 bits per heavy atom. The Morgan fingerprint density at radius 2 is 1.95 bits per heavy atom. The first kappa shape index (κ1) is 16.0. The zero-order valence-electron chi connectivity index (χ0n) is 13.5. The normalized spacial score (nSPS) is 46.3. The minimum Gasteiger partial charge on any atom is -0.393 e. The molecule has 0 radical (unpaired) electrons. The van der Waals surface area contributed by atoms with Gasteiger partial charge in [0.25, 0.3) is 0 Å². The van der Waals surface area contributed by atoms with Crippen LogP contribution in [0, 0.1) is 11.3 Å². The van der Waals surface area contributed by atoms with Crippen LogP contribution in [0.15, 0.2) is 35.5 Å². The van der Waals surface area contributed by atoms with Crippen LogP contribution in [0.5, 0.6) is 0 Å². The molecule has 5 atom stereocenters. The maximum atomic E-state index is 10.3. The molecule has 0 aromatic carbocycles. The summed E-state index contributed by atoms with van der Waals surface area (Å²) >= 11 is 0. The topological polar surface area (TPSA) is 60.7 Å². The van der Waals surface area contributed by atoms with Crippen molar-refractivity contribution in [2.24, 2.45) is 11.3 Å². The molecule has 0 heterocycles. The molecule has 0 aromatic heterocycles. The molecular formula is C19H28O3. The van der Waals surface area contributed by atoms with E-state index in [9.17, 15) is 15.3 Å². The largest absolute Gasteiger partial charge is 0.393 e. The molecule has 3 rings (SSSR count). The number of fused-ring (bicyclic) bond motifs is 1. The number of rotatable bonds is 1. The quantitative estimate of drug-likeness (QED) is 0.698. The van der Waals surface area contributed by atoms with Crippen molar-refractivity contribution >= 4 is 0 Å². The second kappa shape index (κ2) is 5.95. The zero-order chi connectivity index (χ0) is 15.9. The van der Waals surface area contributed by atoms with Crippen LogP contribution >= 0.6 is 0 Å². The Hall–Kier alpha value is -0.900. The lowest BCUT2D eigenvalue weighted by atomic mass is 9.66. The fourth-order valence-corrected chi connectivity index (χ4v) is 4.68. The highest BCUT2D eigenvalue weighted by Gasteiger charge is 2.48. The van der Waals surface area contributed by atoms with E-state index >= 15 is 0 Å². The number of hydrogen-bond donors (Lipinski definition) is 3. The van der Waals surface area contributed by atoms with Gasteiger partial charge in [-0.3, -0.25) is 0 Å². The number of allylic oxidation sites excluding steroid dienone is 3. The summed E-state index contributed by atoms with van der Waals surface area (Å²) in [7, 11) is 0. The maximum Gasteiger partial charge on any atom is 0.0811 e. The van der Waals surface area contributed by atoms with E-state index in [0.717, 1.165) is 43.3 Å². The summed E-state index contributed by atoms with van der Waals surface area (Å²) < 4.78 is 0. The molecule has 3 aliphatic rings. The molecule has 0 unspecified atom stereocenters. The van der Waals surface area contributed by atoms with Crippen molar-refractivity contribution in [3.05, 3.63) is 35.5 Å². The van der Waals surface area contributed by atoms with Crippen molar-refractivity contribution in [1.82, 2.24) is 0 Å². The first-order valence-corrected chi connectivity index (χ1v) is 8.55. The predicted molar refractivity (Wildman–Crippen MR) is 87.2 cm³/mol. The minimum atomic E-state index is -0.627. The summed E-state index contributed by atoms with van der Waals surface area (Å²) in [6, 6.07) is 0. The standard InChI is InChI=1S/C19H28O3/c1-12-14(10-15(20)11-17(12)21)6-5-13-4-3-9-19(2)16(13)7-8-18(19)22/h5-6,15-18,20-22H,1,3-4,7-11H2,2H3/b13-5+,14-6-/t15-,16-,17+,18-,19-/m0/s1. The molecule has 3 heteroatoms. The van der Waals surface area contributed by atoms with Gasteiger partial charge in [-0.1, -0.05) is 31.2 Å². The smallest absolute Gasteiger partial charge is 0.0811 e. The van der Waals surface area contributed by atoms with Gasteiger partial charge in [-0.05, 0) is 55.6 Å². The molecule has 0 saturated heterocycles. The lowest BCUT2D eigenvalue weighted by molar-refractivity contribution is 0.0301. The van der Waals surface area contributed by atoms with Gasteiger partial charge in [0.2, 0.25) is 0 Å². The summed E-state index contributed by atoms with van der Waals surface area (Å²) in [5.74, 6) is 0.472.